The third kappa shape index (κ3) is 5.24. The van der Waals surface area contributed by atoms with Crippen LogP contribution in [0.3, 0.4) is 0 Å². The smallest absolute Gasteiger partial charge is 0.175 e. The van der Waals surface area contributed by atoms with Gasteiger partial charge in [-0.1, -0.05) is 57.6 Å². The largest absolute Gasteiger partial charge is 0.491 e. The maximum Gasteiger partial charge on any atom is 0.175 e. The molecule has 0 amide bonds. The molecule has 1 saturated carbocycles. The van der Waals surface area contributed by atoms with Crippen LogP contribution >= 0.6 is 0 Å². The summed E-state index contributed by atoms with van der Waals surface area (Å²) >= 11 is 0. The van der Waals surface area contributed by atoms with Crippen molar-refractivity contribution < 1.29 is 22.6 Å². The first-order valence-electron chi connectivity index (χ1n) is 12.6. The minimum atomic E-state index is -1.18. The molecule has 1 atom stereocenters. The lowest BCUT2D eigenvalue weighted by Crippen LogP contribution is -2.30. The Labute approximate surface area is 195 Å². The average Bonchev–Trinajstić information content (AvgIpc) is 2.84. The van der Waals surface area contributed by atoms with Gasteiger partial charge in [0.1, 0.15) is 0 Å². The van der Waals surface area contributed by atoms with Crippen LogP contribution in [0.25, 0.3) is 16.3 Å². The number of hydrogen-bond acceptors (Lipinski definition) is 2. The van der Waals surface area contributed by atoms with Crippen molar-refractivity contribution in [2.75, 3.05) is 13.2 Å². The minimum absolute atomic E-state index is 0.0702. The van der Waals surface area contributed by atoms with Crippen LogP contribution in [0, 0.1) is 29.3 Å². The molecule has 0 N–H and O–H groups in total. The third-order valence-corrected chi connectivity index (χ3v) is 7.42. The van der Waals surface area contributed by atoms with E-state index in [1.54, 1.807) is 13.0 Å². The van der Waals surface area contributed by atoms with E-state index in [-0.39, 0.29) is 36.0 Å². The number of fused-ring (bicyclic) bond motifs is 1. The molecule has 1 heterocycles. The van der Waals surface area contributed by atoms with Gasteiger partial charge in [-0.25, -0.2) is 13.2 Å². The van der Waals surface area contributed by atoms with E-state index in [0.29, 0.717) is 23.3 Å². The van der Waals surface area contributed by atoms with Gasteiger partial charge in [-0.3, -0.25) is 0 Å². The Morgan fingerprint density at radius 3 is 2.42 bits per heavy atom. The topological polar surface area (TPSA) is 18.5 Å². The molecule has 180 valence electrons. The van der Waals surface area contributed by atoms with Crippen molar-refractivity contribution in [2.45, 2.75) is 77.7 Å². The Morgan fingerprint density at radius 1 is 0.970 bits per heavy atom. The van der Waals surface area contributed by atoms with E-state index in [1.807, 2.05) is 6.08 Å². The molecular weight excluding hydrogens is 425 g/mol. The van der Waals surface area contributed by atoms with Crippen molar-refractivity contribution in [3.8, 4) is 5.75 Å². The highest BCUT2D eigenvalue weighted by atomic mass is 19.2. The predicted octanol–water partition coefficient (Wildman–Crippen LogP) is 8.21. The van der Waals surface area contributed by atoms with Crippen LogP contribution in [0.4, 0.5) is 13.2 Å². The first-order valence-corrected chi connectivity index (χ1v) is 12.6. The number of hydrogen-bond donors (Lipinski definition) is 0. The maximum atomic E-state index is 15.0. The van der Waals surface area contributed by atoms with Crippen LogP contribution in [0.15, 0.2) is 24.3 Å². The molecule has 1 fully saturated rings. The predicted molar refractivity (Wildman–Crippen MR) is 127 cm³/mol. The molecule has 2 aromatic rings. The Bertz CT molecular complexity index is 993. The SMILES string of the molecule is CCCCCC1CCC(C2CC=C(c3cc4ccc(OCC)c(F)c4c(F)c3F)CO2)CC1. The van der Waals surface area contributed by atoms with Crippen molar-refractivity contribution in [3.63, 3.8) is 0 Å². The summed E-state index contributed by atoms with van der Waals surface area (Å²) < 4.78 is 55.8. The number of rotatable bonds is 8. The van der Waals surface area contributed by atoms with Crippen LogP contribution in [-0.2, 0) is 4.74 Å². The maximum absolute atomic E-state index is 15.0. The molecule has 33 heavy (non-hydrogen) atoms. The van der Waals surface area contributed by atoms with E-state index in [1.165, 1.54) is 63.5 Å². The number of unbranched alkanes of at least 4 members (excludes halogenated alkanes) is 2. The van der Waals surface area contributed by atoms with Gasteiger partial charge in [0, 0.05) is 5.56 Å². The third-order valence-electron chi connectivity index (χ3n) is 7.42. The van der Waals surface area contributed by atoms with Crippen LogP contribution in [-0.4, -0.2) is 19.3 Å². The lowest BCUT2D eigenvalue weighted by Gasteiger charge is -2.35. The van der Waals surface area contributed by atoms with Gasteiger partial charge < -0.3 is 9.47 Å². The Morgan fingerprint density at radius 2 is 1.76 bits per heavy atom. The first-order chi connectivity index (χ1) is 16.0. The molecule has 1 aliphatic heterocycles. The van der Waals surface area contributed by atoms with Crippen LogP contribution in [0.2, 0.25) is 0 Å². The van der Waals surface area contributed by atoms with E-state index in [2.05, 4.69) is 6.92 Å². The lowest BCUT2D eigenvalue weighted by molar-refractivity contribution is 0.00849. The minimum Gasteiger partial charge on any atom is -0.491 e. The fourth-order valence-corrected chi connectivity index (χ4v) is 5.49. The van der Waals surface area contributed by atoms with Gasteiger partial charge in [-0.15, -0.1) is 0 Å². The van der Waals surface area contributed by atoms with Crippen LogP contribution in [0.1, 0.15) is 77.2 Å². The van der Waals surface area contributed by atoms with E-state index in [4.69, 9.17) is 9.47 Å². The van der Waals surface area contributed by atoms with E-state index in [9.17, 15) is 13.2 Å². The summed E-state index contributed by atoms with van der Waals surface area (Å²) in [6.07, 6.45) is 13.0. The molecule has 2 nitrogen and oxygen atoms in total. The molecule has 1 aliphatic carbocycles. The molecule has 2 aromatic carbocycles. The number of halogens is 3. The van der Waals surface area contributed by atoms with Gasteiger partial charge in [0.25, 0.3) is 0 Å². The summed E-state index contributed by atoms with van der Waals surface area (Å²) in [5.74, 6) is -1.76. The zero-order chi connectivity index (χ0) is 23.4. The Kier molecular flexibility index (Phi) is 8.00. The second kappa shape index (κ2) is 10.9. The summed E-state index contributed by atoms with van der Waals surface area (Å²) in [7, 11) is 0. The molecular formula is C28H35F3O2. The normalized spacial score (nSPS) is 23.5. The molecule has 0 bridgehead atoms. The number of ether oxygens (including phenoxy) is 2. The summed E-state index contributed by atoms with van der Waals surface area (Å²) in [5, 5.41) is -0.0534. The van der Waals surface area contributed by atoms with E-state index in [0.717, 1.165) is 5.92 Å². The molecule has 1 unspecified atom stereocenters. The van der Waals surface area contributed by atoms with Crippen molar-refractivity contribution in [1.29, 1.82) is 0 Å². The van der Waals surface area contributed by atoms with Gasteiger partial charge in [-0.05, 0) is 61.1 Å². The zero-order valence-electron chi connectivity index (χ0n) is 19.8. The molecule has 5 heteroatoms. The monoisotopic (exact) mass is 460 g/mol. The van der Waals surface area contributed by atoms with E-state index < -0.39 is 17.5 Å². The zero-order valence-corrected chi connectivity index (χ0v) is 19.8. The van der Waals surface area contributed by atoms with Gasteiger partial charge in [-0.2, -0.15) is 0 Å². The molecule has 0 aromatic heterocycles. The number of benzene rings is 2. The van der Waals surface area contributed by atoms with Crippen LogP contribution in [0.5, 0.6) is 5.75 Å². The Hall–Kier alpha value is -2.01. The molecule has 0 spiro atoms. The van der Waals surface area contributed by atoms with Crippen molar-refractivity contribution >= 4 is 16.3 Å². The highest BCUT2D eigenvalue weighted by Gasteiger charge is 2.30. The molecule has 2 aliphatic rings. The summed E-state index contributed by atoms with van der Waals surface area (Å²) in [6.45, 7) is 4.46. The Balaban J connectivity index is 1.45. The molecule has 0 radical (unpaired) electrons. The van der Waals surface area contributed by atoms with Gasteiger partial charge in [0.2, 0.25) is 0 Å². The fraction of sp³-hybridized carbons (Fsp3) is 0.571. The average molecular weight is 461 g/mol. The van der Waals surface area contributed by atoms with Crippen molar-refractivity contribution in [3.05, 3.63) is 47.3 Å². The van der Waals surface area contributed by atoms with Crippen molar-refractivity contribution in [2.24, 2.45) is 11.8 Å². The van der Waals surface area contributed by atoms with E-state index >= 15 is 0 Å². The van der Waals surface area contributed by atoms with Gasteiger partial charge in [0.05, 0.1) is 24.7 Å². The summed E-state index contributed by atoms with van der Waals surface area (Å²) in [4.78, 5) is 0. The van der Waals surface area contributed by atoms with Crippen LogP contribution < -0.4 is 4.74 Å². The second-order valence-electron chi connectivity index (χ2n) is 9.55. The standard InChI is InChI=1S/C28H35F3O2/c1-3-5-6-7-18-8-10-19(11-9-18)23-14-13-21(17-33-23)22-16-20-12-15-24(32-4-2)27(30)25(20)28(31)26(22)29/h12-13,15-16,18-19,23H,3-11,14,17H2,1-2H3. The highest BCUT2D eigenvalue weighted by Crippen LogP contribution is 2.39. The lowest BCUT2D eigenvalue weighted by atomic mass is 9.76. The second-order valence-corrected chi connectivity index (χ2v) is 9.55. The molecule has 4 rings (SSSR count). The van der Waals surface area contributed by atoms with Crippen molar-refractivity contribution in [1.82, 2.24) is 0 Å². The quantitative estimate of drug-likeness (QED) is 0.370. The fourth-order valence-electron chi connectivity index (χ4n) is 5.49. The highest BCUT2D eigenvalue weighted by molar-refractivity contribution is 5.89. The van der Waals surface area contributed by atoms with Gasteiger partial charge >= 0.3 is 0 Å². The first kappa shape index (κ1) is 24.1. The summed E-state index contributed by atoms with van der Waals surface area (Å²) in [6, 6.07) is 4.55. The summed E-state index contributed by atoms with van der Waals surface area (Å²) in [5.41, 5.74) is 0.786. The molecule has 0 saturated heterocycles. The van der Waals surface area contributed by atoms with Gasteiger partial charge in [0.15, 0.2) is 23.2 Å².